The van der Waals surface area contributed by atoms with Gasteiger partial charge >= 0.3 is 0 Å². The number of anilines is 1. The number of aromatic nitrogens is 1. The lowest BCUT2D eigenvalue weighted by Crippen LogP contribution is -2.43. The molecule has 0 saturated carbocycles. The van der Waals surface area contributed by atoms with Crippen molar-refractivity contribution in [1.29, 1.82) is 0 Å². The fraction of sp³-hybridized carbons (Fsp3) is 0.294. The molecule has 0 bridgehead atoms. The van der Waals surface area contributed by atoms with Gasteiger partial charge in [-0.05, 0) is 37.1 Å². The van der Waals surface area contributed by atoms with Crippen LogP contribution in [-0.2, 0) is 14.8 Å². The van der Waals surface area contributed by atoms with E-state index in [1.54, 1.807) is 18.2 Å². The van der Waals surface area contributed by atoms with Crippen LogP contribution in [0.15, 0.2) is 28.5 Å². The number of carbonyl (C=O) groups excluding carboxylic acids is 1. The van der Waals surface area contributed by atoms with Crippen LogP contribution < -0.4 is 5.32 Å². The minimum atomic E-state index is -3.67. The Morgan fingerprint density at radius 2 is 1.90 bits per heavy atom. The molecule has 1 saturated heterocycles. The van der Waals surface area contributed by atoms with E-state index in [0.717, 1.165) is 11.3 Å². The zero-order valence-electron chi connectivity index (χ0n) is 14.7. The second-order valence-electron chi connectivity index (χ2n) is 6.48. The lowest BCUT2D eigenvalue weighted by Gasteiger charge is -2.30. The van der Waals surface area contributed by atoms with E-state index in [-0.39, 0.29) is 16.7 Å². The summed E-state index contributed by atoms with van der Waals surface area (Å²) in [6, 6.07) is 6.37. The third-order valence-electron chi connectivity index (χ3n) is 4.57. The SMILES string of the molecule is O=C(Nc1nc2c(Cl)ccc(Cl)c2s1)C1CCCN(S(=O)(=O)c2ccc(Cl)s2)C1. The van der Waals surface area contributed by atoms with Crippen LogP contribution in [0.3, 0.4) is 0 Å². The third-order valence-corrected chi connectivity index (χ3v) is 9.87. The van der Waals surface area contributed by atoms with Crippen LogP contribution in [0.25, 0.3) is 10.2 Å². The van der Waals surface area contributed by atoms with Gasteiger partial charge in [-0.2, -0.15) is 4.31 Å². The summed E-state index contributed by atoms with van der Waals surface area (Å²) in [6.07, 6.45) is 1.18. The first-order valence-corrected chi connectivity index (χ1v) is 12.8. The van der Waals surface area contributed by atoms with Gasteiger partial charge in [0.2, 0.25) is 5.91 Å². The Hall–Kier alpha value is -0.940. The molecule has 29 heavy (non-hydrogen) atoms. The van der Waals surface area contributed by atoms with Crippen molar-refractivity contribution in [3.8, 4) is 0 Å². The first-order valence-electron chi connectivity index (χ1n) is 8.56. The average molecular weight is 511 g/mol. The topological polar surface area (TPSA) is 79.4 Å². The van der Waals surface area contributed by atoms with Crippen LogP contribution in [0.2, 0.25) is 14.4 Å². The van der Waals surface area contributed by atoms with Crippen molar-refractivity contribution in [3.05, 3.63) is 38.6 Å². The van der Waals surface area contributed by atoms with Crippen LogP contribution in [0.4, 0.5) is 5.13 Å². The maximum Gasteiger partial charge on any atom is 0.252 e. The van der Waals surface area contributed by atoms with Gasteiger partial charge in [-0.15, -0.1) is 11.3 Å². The number of carbonyl (C=O) groups is 1. The molecular formula is C17H14Cl3N3O3S3. The molecule has 0 radical (unpaired) electrons. The second kappa shape index (κ2) is 8.30. The standard InChI is InChI=1S/C17H14Cl3N3O3S3/c18-10-3-4-11(19)15-14(10)21-17(28-15)22-16(24)9-2-1-7-23(8-9)29(25,26)13-6-5-12(20)27-13/h3-6,9H,1-2,7-8H2,(H,21,22,24). The van der Waals surface area contributed by atoms with E-state index in [1.165, 1.54) is 21.7 Å². The minimum absolute atomic E-state index is 0.107. The number of nitrogens with one attached hydrogen (secondary N) is 1. The number of thiazole rings is 1. The van der Waals surface area contributed by atoms with E-state index in [4.69, 9.17) is 34.8 Å². The normalized spacial score (nSPS) is 18.2. The smallest absolute Gasteiger partial charge is 0.252 e. The minimum Gasteiger partial charge on any atom is -0.302 e. The van der Waals surface area contributed by atoms with Crippen molar-refractivity contribution >= 4 is 88.8 Å². The van der Waals surface area contributed by atoms with Crippen molar-refractivity contribution in [1.82, 2.24) is 9.29 Å². The number of sulfonamides is 1. The van der Waals surface area contributed by atoms with Gasteiger partial charge in [0.15, 0.2) is 5.13 Å². The van der Waals surface area contributed by atoms with Gasteiger partial charge in [0.05, 0.1) is 25.0 Å². The third kappa shape index (κ3) is 4.27. The summed E-state index contributed by atoms with van der Waals surface area (Å²) in [5.41, 5.74) is 0.530. The van der Waals surface area contributed by atoms with E-state index >= 15 is 0 Å². The molecule has 0 aliphatic carbocycles. The molecule has 0 spiro atoms. The lowest BCUT2D eigenvalue weighted by molar-refractivity contribution is -0.120. The fourth-order valence-electron chi connectivity index (χ4n) is 3.14. The van der Waals surface area contributed by atoms with Gasteiger partial charge in [-0.25, -0.2) is 13.4 Å². The summed E-state index contributed by atoms with van der Waals surface area (Å²) in [5, 5.41) is 4.12. The van der Waals surface area contributed by atoms with Crippen LogP contribution in [0.1, 0.15) is 12.8 Å². The van der Waals surface area contributed by atoms with E-state index in [0.29, 0.717) is 49.1 Å². The van der Waals surface area contributed by atoms with E-state index < -0.39 is 15.9 Å². The number of hydrogen-bond acceptors (Lipinski definition) is 6. The zero-order chi connectivity index (χ0) is 20.8. The highest BCUT2D eigenvalue weighted by atomic mass is 35.5. The molecule has 1 unspecified atom stereocenters. The quantitative estimate of drug-likeness (QED) is 0.512. The molecule has 12 heteroatoms. The Bertz CT molecular complexity index is 1150. The Morgan fingerprint density at radius 1 is 1.14 bits per heavy atom. The molecule has 3 heterocycles. The number of piperidine rings is 1. The van der Waals surface area contributed by atoms with Crippen molar-refractivity contribution in [3.63, 3.8) is 0 Å². The Balaban J connectivity index is 1.51. The van der Waals surface area contributed by atoms with Crippen LogP contribution in [0, 0.1) is 5.92 Å². The number of amides is 1. The molecule has 1 fully saturated rings. The van der Waals surface area contributed by atoms with E-state index in [9.17, 15) is 13.2 Å². The highest BCUT2D eigenvalue weighted by Crippen LogP contribution is 2.36. The Kier molecular flexibility index (Phi) is 6.09. The Labute approximate surface area is 190 Å². The number of fused-ring (bicyclic) bond motifs is 1. The van der Waals surface area contributed by atoms with Gasteiger partial charge in [-0.3, -0.25) is 4.79 Å². The number of benzene rings is 1. The predicted molar refractivity (Wildman–Crippen MR) is 119 cm³/mol. The molecule has 1 N–H and O–H groups in total. The molecule has 1 aliphatic rings. The monoisotopic (exact) mass is 509 g/mol. The van der Waals surface area contributed by atoms with Gasteiger partial charge in [0, 0.05) is 13.1 Å². The maximum absolute atomic E-state index is 12.8. The summed E-state index contributed by atoms with van der Waals surface area (Å²) in [5.74, 6) is -0.757. The largest absolute Gasteiger partial charge is 0.302 e. The number of rotatable bonds is 4. The maximum atomic E-state index is 12.8. The van der Waals surface area contributed by atoms with Gasteiger partial charge in [0.25, 0.3) is 10.0 Å². The molecule has 1 aliphatic heterocycles. The van der Waals surface area contributed by atoms with Crippen LogP contribution in [0.5, 0.6) is 0 Å². The molecule has 4 rings (SSSR count). The first-order chi connectivity index (χ1) is 13.8. The van der Waals surface area contributed by atoms with Gasteiger partial charge in [0.1, 0.15) is 9.73 Å². The lowest BCUT2D eigenvalue weighted by atomic mass is 9.99. The highest BCUT2D eigenvalue weighted by molar-refractivity contribution is 7.91. The summed E-state index contributed by atoms with van der Waals surface area (Å²) < 4.78 is 28.3. The molecule has 1 amide bonds. The molecule has 1 atom stereocenters. The highest BCUT2D eigenvalue weighted by Gasteiger charge is 2.34. The molecule has 2 aromatic heterocycles. The van der Waals surface area contributed by atoms with E-state index in [2.05, 4.69) is 10.3 Å². The summed E-state index contributed by atoms with van der Waals surface area (Å²) in [7, 11) is -3.67. The van der Waals surface area contributed by atoms with Crippen molar-refractivity contribution in [2.75, 3.05) is 18.4 Å². The van der Waals surface area contributed by atoms with Crippen LogP contribution >= 0.6 is 57.5 Å². The molecule has 6 nitrogen and oxygen atoms in total. The molecule has 3 aromatic rings. The van der Waals surface area contributed by atoms with Crippen molar-refractivity contribution < 1.29 is 13.2 Å². The summed E-state index contributed by atoms with van der Waals surface area (Å²) in [4.78, 5) is 17.1. The molecule has 154 valence electrons. The Morgan fingerprint density at radius 3 is 2.59 bits per heavy atom. The number of nitrogens with zero attached hydrogens (tertiary/aromatic N) is 2. The number of hydrogen-bond donors (Lipinski definition) is 1. The van der Waals surface area contributed by atoms with Crippen molar-refractivity contribution in [2.24, 2.45) is 5.92 Å². The number of halogens is 3. The first kappa shape index (κ1) is 21.3. The second-order valence-corrected chi connectivity index (χ2v) is 12.2. The molecule has 1 aromatic carbocycles. The zero-order valence-corrected chi connectivity index (χ0v) is 19.4. The summed E-state index contributed by atoms with van der Waals surface area (Å²) >= 11 is 20.4. The average Bonchev–Trinajstić information content (AvgIpc) is 3.32. The fourth-order valence-corrected chi connectivity index (χ4v) is 7.73. The predicted octanol–water partition coefficient (Wildman–Crippen LogP) is 5.36. The molecular weight excluding hydrogens is 497 g/mol. The number of thiophene rings is 1. The van der Waals surface area contributed by atoms with Gasteiger partial charge < -0.3 is 5.32 Å². The summed E-state index contributed by atoms with van der Waals surface area (Å²) in [6.45, 7) is 0.476. The van der Waals surface area contributed by atoms with Crippen molar-refractivity contribution in [2.45, 2.75) is 17.1 Å². The van der Waals surface area contributed by atoms with Crippen LogP contribution in [-0.4, -0.2) is 36.7 Å². The van der Waals surface area contributed by atoms with E-state index in [1.807, 2.05) is 0 Å². The van der Waals surface area contributed by atoms with Gasteiger partial charge in [-0.1, -0.05) is 46.1 Å².